The largest absolute Gasteiger partial charge is 0.416 e. The number of carbonyl (C=O) groups excluding carboxylic acids is 2. The SMILES string of the molecule is O=C(c1ccc(C(F)(F)F)cc1)N1CCN(C(=O)N2CCOCC2)CC1. The van der Waals surface area contributed by atoms with Gasteiger partial charge in [0.15, 0.2) is 0 Å². The molecule has 1 aromatic carbocycles. The van der Waals surface area contributed by atoms with Crippen LogP contribution in [0.5, 0.6) is 0 Å². The third-order valence-electron chi connectivity index (χ3n) is 4.58. The second-order valence-corrected chi connectivity index (χ2v) is 6.24. The number of amides is 3. The monoisotopic (exact) mass is 371 g/mol. The fourth-order valence-corrected chi connectivity index (χ4v) is 3.04. The summed E-state index contributed by atoms with van der Waals surface area (Å²) >= 11 is 0. The topological polar surface area (TPSA) is 53.1 Å². The molecule has 0 aromatic heterocycles. The van der Waals surface area contributed by atoms with Gasteiger partial charge >= 0.3 is 12.2 Å². The Kier molecular flexibility index (Phi) is 5.36. The molecule has 0 radical (unpaired) electrons. The van der Waals surface area contributed by atoms with Crippen molar-refractivity contribution in [1.29, 1.82) is 0 Å². The maximum atomic E-state index is 12.6. The van der Waals surface area contributed by atoms with E-state index in [4.69, 9.17) is 4.74 Å². The van der Waals surface area contributed by atoms with Crippen molar-refractivity contribution in [2.75, 3.05) is 52.5 Å². The lowest BCUT2D eigenvalue weighted by molar-refractivity contribution is -0.137. The highest BCUT2D eigenvalue weighted by Crippen LogP contribution is 2.29. The zero-order valence-electron chi connectivity index (χ0n) is 14.2. The fourth-order valence-electron chi connectivity index (χ4n) is 3.04. The third-order valence-corrected chi connectivity index (χ3v) is 4.58. The first kappa shape index (κ1) is 18.5. The van der Waals surface area contributed by atoms with Gasteiger partial charge in [0.1, 0.15) is 0 Å². The molecule has 0 aliphatic carbocycles. The molecule has 2 heterocycles. The molecule has 0 unspecified atom stereocenters. The molecule has 0 saturated carbocycles. The minimum Gasteiger partial charge on any atom is -0.378 e. The molecule has 9 heteroatoms. The second-order valence-electron chi connectivity index (χ2n) is 6.24. The van der Waals surface area contributed by atoms with Crippen LogP contribution in [0.1, 0.15) is 15.9 Å². The second kappa shape index (κ2) is 7.53. The Labute approximate surface area is 149 Å². The quantitative estimate of drug-likeness (QED) is 0.758. The van der Waals surface area contributed by atoms with Crippen LogP contribution in [-0.2, 0) is 10.9 Å². The molecule has 0 bridgehead atoms. The van der Waals surface area contributed by atoms with Crippen molar-refractivity contribution >= 4 is 11.9 Å². The van der Waals surface area contributed by atoms with Crippen molar-refractivity contribution in [3.63, 3.8) is 0 Å². The van der Waals surface area contributed by atoms with Gasteiger partial charge in [-0.3, -0.25) is 4.79 Å². The lowest BCUT2D eigenvalue weighted by atomic mass is 10.1. The van der Waals surface area contributed by atoms with Crippen LogP contribution < -0.4 is 0 Å². The van der Waals surface area contributed by atoms with Crippen LogP contribution in [0, 0.1) is 0 Å². The highest BCUT2D eigenvalue weighted by Gasteiger charge is 2.31. The normalized spacial score (nSPS) is 18.8. The number of ether oxygens (including phenoxy) is 1. The van der Waals surface area contributed by atoms with Crippen molar-refractivity contribution in [3.05, 3.63) is 35.4 Å². The minimum absolute atomic E-state index is 0.0603. The Bertz CT molecular complexity index is 649. The first-order valence-corrected chi connectivity index (χ1v) is 8.44. The summed E-state index contributed by atoms with van der Waals surface area (Å²) in [5, 5.41) is 0. The third kappa shape index (κ3) is 4.09. The molecule has 0 N–H and O–H groups in total. The van der Waals surface area contributed by atoms with Crippen LogP contribution in [0.3, 0.4) is 0 Å². The van der Waals surface area contributed by atoms with Crippen molar-refractivity contribution in [2.45, 2.75) is 6.18 Å². The Morgan fingerprint density at radius 2 is 1.31 bits per heavy atom. The van der Waals surface area contributed by atoms with Crippen LogP contribution >= 0.6 is 0 Å². The molecule has 142 valence electrons. The van der Waals surface area contributed by atoms with Gasteiger partial charge in [-0.25, -0.2) is 4.79 Å². The number of halogens is 3. The summed E-state index contributed by atoms with van der Waals surface area (Å²) in [6.45, 7) is 3.69. The smallest absolute Gasteiger partial charge is 0.378 e. The van der Waals surface area contributed by atoms with Gasteiger partial charge < -0.3 is 19.4 Å². The van der Waals surface area contributed by atoms with Crippen molar-refractivity contribution in [3.8, 4) is 0 Å². The van der Waals surface area contributed by atoms with E-state index in [0.29, 0.717) is 52.5 Å². The number of piperazine rings is 1. The number of nitrogens with zero attached hydrogens (tertiary/aromatic N) is 3. The maximum absolute atomic E-state index is 12.6. The molecule has 2 aliphatic rings. The molecular formula is C17H20F3N3O3. The van der Waals surface area contributed by atoms with E-state index in [1.165, 1.54) is 12.1 Å². The number of urea groups is 1. The molecule has 26 heavy (non-hydrogen) atoms. The predicted octanol–water partition coefficient (Wildman–Crippen LogP) is 1.92. The van der Waals surface area contributed by atoms with Gasteiger partial charge in [-0.1, -0.05) is 0 Å². The molecular weight excluding hydrogens is 351 g/mol. The molecule has 2 aliphatic heterocycles. The van der Waals surface area contributed by atoms with Gasteiger partial charge in [-0.15, -0.1) is 0 Å². The van der Waals surface area contributed by atoms with Gasteiger partial charge in [-0.05, 0) is 24.3 Å². The predicted molar refractivity (Wildman–Crippen MR) is 86.7 cm³/mol. The first-order valence-electron chi connectivity index (χ1n) is 8.44. The van der Waals surface area contributed by atoms with Gasteiger partial charge in [-0.2, -0.15) is 13.2 Å². The number of alkyl halides is 3. The van der Waals surface area contributed by atoms with E-state index in [0.717, 1.165) is 12.1 Å². The average Bonchev–Trinajstić information content (AvgIpc) is 2.67. The van der Waals surface area contributed by atoms with E-state index in [1.54, 1.807) is 14.7 Å². The van der Waals surface area contributed by atoms with E-state index in [2.05, 4.69) is 0 Å². The number of carbonyl (C=O) groups is 2. The summed E-state index contributed by atoms with van der Waals surface area (Å²) in [7, 11) is 0. The zero-order chi connectivity index (χ0) is 18.7. The molecule has 0 atom stereocenters. The molecule has 3 amide bonds. The highest BCUT2D eigenvalue weighted by atomic mass is 19.4. The summed E-state index contributed by atoms with van der Waals surface area (Å²) in [6.07, 6.45) is -4.42. The summed E-state index contributed by atoms with van der Waals surface area (Å²) in [5.74, 6) is -0.322. The number of hydrogen-bond acceptors (Lipinski definition) is 3. The number of morpholine rings is 1. The highest BCUT2D eigenvalue weighted by molar-refractivity contribution is 5.94. The first-order chi connectivity index (χ1) is 12.4. The zero-order valence-corrected chi connectivity index (χ0v) is 14.2. The van der Waals surface area contributed by atoms with Gasteiger partial charge in [0.2, 0.25) is 0 Å². The Morgan fingerprint density at radius 3 is 1.85 bits per heavy atom. The molecule has 3 rings (SSSR count). The molecule has 1 aromatic rings. The van der Waals surface area contributed by atoms with Crippen molar-refractivity contribution in [1.82, 2.24) is 14.7 Å². The molecule has 0 spiro atoms. The Balaban J connectivity index is 1.55. The van der Waals surface area contributed by atoms with Crippen LogP contribution in [-0.4, -0.2) is 79.1 Å². The Hall–Kier alpha value is -2.29. The summed E-state index contributed by atoms with van der Waals surface area (Å²) < 4.78 is 43.0. The number of rotatable bonds is 1. The summed E-state index contributed by atoms with van der Waals surface area (Å²) in [5.41, 5.74) is -0.569. The van der Waals surface area contributed by atoms with E-state index < -0.39 is 11.7 Å². The minimum atomic E-state index is -4.42. The molecule has 6 nitrogen and oxygen atoms in total. The standard InChI is InChI=1S/C17H20F3N3O3/c18-17(19,20)14-3-1-13(2-4-14)15(24)21-5-7-22(8-6-21)16(25)23-9-11-26-12-10-23/h1-4H,5-12H2. The Morgan fingerprint density at radius 1 is 0.808 bits per heavy atom. The van der Waals surface area contributed by atoms with Crippen LogP contribution in [0.15, 0.2) is 24.3 Å². The lowest BCUT2D eigenvalue weighted by Gasteiger charge is -2.38. The van der Waals surface area contributed by atoms with E-state index in [1.807, 2.05) is 0 Å². The van der Waals surface area contributed by atoms with E-state index in [9.17, 15) is 22.8 Å². The number of hydrogen-bond donors (Lipinski definition) is 0. The molecule has 2 saturated heterocycles. The summed E-state index contributed by atoms with van der Waals surface area (Å²) in [4.78, 5) is 29.9. The number of benzene rings is 1. The summed E-state index contributed by atoms with van der Waals surface area (Å²) in [6, 6.07) is 4.14. The molecule has 2 fully saturated rings. The van der Waals surface area contributed by atoms with Crippen LogP contribution in [0.4, 0.5) is 18.0 Å². The van der Waals surface area contributed by atoms with Crippen LogP contribution in [0.25, 0.3) is 0 Å². The fraction of sp³-hybridized carbons (Fsp3) is 0.529. The van der Waals surface area contributed by atoms with Crippen molar-refractivity contribution in [2.24, 2.45) is 0 Å². The van der Waals surface area contributed by atoms with Crippen LogP contribution in [0.2, 0.25) is 0 Å². The van der Waals surface area contributed by atoms with Gasteiger partial charge in [0.25, 0.3) is 5.91 Å². The van der Waals surface area contributed by atoms with Gasteiger partial charge in [0, 0.05) is 44.8 Å². The lowest BCUT2D eigenvalue weighted by Crippen LogP contribution is -2.55. The average molecular weight is 371 g/mol. The van der Waals surface area contributed by atoms with E-state index >= 15 is 0 Å². The van der Waals surface area contributed by atoms with E-state index in [-0.39, 0.29) is 17.5 Å². The maximum Gasteiger partial charge on any atom is 0.416 e. The van der Waals surface area contributed by atoms with Gasteiger partial charge in [0.05, 0.1) is 18.8 Å². The van der Waals surface area contributed by atoms with Crippen molar-refractivity contribution < 1.29 is 27.5 Å².